The summed E-state index contributed by atoms with van der Waals surface area (Å²) in [5, 5.41) is 0.677. The normalized spacial score (nSPS) is 23.8. The van der Waals surface area contributed by atoms with Crippen LogP contribution in [0.1, 0.15) is 63.3 Å². The third-order valence-corrected chi connectivity index (χ3v) is 6.58. The molecule has 0 N–H and O–H groups in total. The van der Waals surface area contributed by atoms with Crippen molar-refractivity contribution in [3.8, 4) is 0 Å². The van der Waals surface area contributed by atoms with E-state index in [4.69, 9.17) is 21.1 Å². The molecule has 32 heavy (non-hydrogen) atoms. The molecule has 2 saturated heterocycles. The van der Waals surface area contributed by atoms with Crippen molar-refractivity contribution in [3.05, 3.63) is 33.8 Å². The van der Waals surface area contributed by atoms with Crippen LogP contribution in [0.2, 0.25) is 5.02 Å². The Morgan fingerprint density at radius 2 is 1.94 bits per heavy atom. The molecule has 0 bridgehead atoms. The molecule has 0 aliphatic carbocycles. The number of amides is 3. The number of hydrogen-bond acceptors (Lipinski definition) is 4. The SMILES string of the molecule is C[C@H]1CN(C(=O)N2CCc3cc(Cl)cc([C@@H]4CCCN4C(=O)OC(C)(C)C)c3C2)CCO1. The minimum Gasteiger partial charge on any atom is -0.444 e. The highest BCUT2D eigenvalue weighted by Gasteiger charge is 2.37. The van der Waals surface area contributed by atoms with E-state index in [0.717, 1.165) is 30.4 Å². The van der Waals surface area contributed by atoms with E-state index >= 15 is 0 Å². The summed E-state index contributed by atoms with van der Waals surface area (Å²) in [5.41, 5.74) is 2.79. The van der Waals surface area contributed by atoms with Crippen LogP contribution in [0.25, 0.3) is 0 Å². The average molecular weight is 464 g/mol. The smallest absolute Gasteiger partial charge is 0.410 e. The van der Waals surface area contributed by atoms with Gasteiger partial charge in [-0.2, -0.15) is 0 Å². The molecule has 3 aliphatic heterocycles. The van der Waals surface area contributed by atoms with Crippen LogP contribution < -0.4 is 0 Å². The third-order valence-electron chi connectivity index (χ3n) is 6.36. The Morgan fingerprint density at radius 3 is 2.66 bits per heavy atom. The molecule has 7 nitrogen and oxygen atoms in total. The Balaban J connectivity index is 1.58. The topological polar surface area (TPSA) is 62.3 Å². The largest absolute Gasteiger partial charge is 0.444 e. The number of carbonyl (C=O) groups excluding carboxylic acids is 2. The van der Waals surface area contributed by atoms with Crippen molar-refractivity contribution >= 4 is 23.7 Å². The van der Waals surface area contributed by atoms with Crippen LogP contribution in [-0.4, -0.2) is 71.3 Å². The maximum atomic E-state index is 13.2. The molecule has 2 atom stereocenters. The third kappa shape index (κ3) is 4.99. The molecule has 0 aromatic heterocycles. The fourth-order valence-electron chi connectivity index (χ4n) is 4.94. The van der Waals surface area contributed by atoms with Crippen molar-refractivity contribution in [3.63, 3.8) is 0 Å². The van der Waals surface area contributed by atoms with Crippen LogP contribution >= 0.6 is 11.6 Å². The minimum atomic E-state index is -0.545. The highest BCUT2D eigenvalue weighted by Crippen LogP contribution is 2.39. The van der Waals surface area contributed by atoms with E-state index < -0.39 is 5.60 Å². The summed E-state index contributed by atoms with van der Waals surface area (Å²) < 4.78 is 11.3. The van der Waals surface area contributed by atoms with Gasteiger partial charge in [0.25, 0.3) is 0 Å². The van der Waals surface area contributed by atoms with Gasteiger partial charge in [0.05, 0.1) is 18.8 Å². The molecule has 1 aromatic rings. The van der Waals surface area contributed by atoms with Crippen LogP contribution in [0, 0.1) is 0 Å². The molecule has 0 radical (unpaired) electrons. The van der Waals surface area contributed by atoms with Gasteiger partial charge in [-0.1, -0.05) is 11.6 Å². The van der Waals surface area contributed by atoms with E-state index in [9.17, 15) is 9.59 Å². The number of likely N-dealkylation sites (tertiary alicyclic amines) is 1. The predicted octanol–water partition coefficient (Wildman–Crippen LogP) is 4.61. The molecule has 8 heteroatoms. The zero-order chi connectivity index (χ0) is 23.0. The second kappa shape index (κ2) is 9.10. The summed E-state index contributed by atoms with van der Waals surface area (Å²) in [6.07, 6.45) is 2.30. The zero-order valence-electron chi connectivity index (χ0n) is 19.5. The van der Waals surface area contributed by atoms with Gasteiger partial charge in [0.2, 0.25) is 0 Å². The number of nitrogens with zero attached hydrogens (tertiary/aromatic N) is 3. The molecule has 2 fully saturated rings. The second-order valence-electron chi connectivity index (χ2n) is 10.0. The highest BCUT2D eigenvalue weighted by atomic mass is 35.5. The lowest BCUT2D eigenvalue weighted by Gasteiger charge is -2.38. The van der Waals surface area contributed by atoms with Gasteiger partial charge in [-0.3, -0.25) is 0 Å². The number of carbonyl (C=O) groups is 2. The maximum Gasteiger partial charge on any atom is 0.410 e. The van der Waals surface area contributed by atoms with E-state index in [-0.39, 0.29) is 24.3 Å². The average Bonchev–Trinajstić information content (AvgIpc) is 3.21. The summed E-state index contributed by atoms with van der Waals surface area (Å²) in [4.78, 5) is 31.7. The van der Waals surface area contributed by atoms with Crippen molar-refractivity contribution in [1.29, 1.82) is 0 Å². The summed E-state index contributed by atoms with van der Waals surface area (Å²) >= 11 is 6.49. The Kier molecular flexibility index (Phi) is 6.59. The first-order chi connectivity index (χ1) is 15.1. The summed E-state index contributed by atoms with van der Waals surface area (Å²) in [5.74, 6) is 0. The maximum absolute atomic E-state index is 13.2. The number of hydrogen-bond donors (Lipinski definition) is 0. The van der Waals surface area contributed by atoms with Gasteiger partial charge >= 0.3 is 12.1 Å². The van der Waals surface area contributed by atoms with Crippen molar-refractivity contribution in [2.45, 2.75) is 71.2 Å². The van der Waals surface area contributed by atoms with Crippen LogP contribution in [-0.2, 0) is 22.4 Å². The highest BCUT2D eigenvalue weighted by molar-refractivity contribution is 6.30. The summed E-state index contributed by atoms with van der Waals surface area (Å²) in [7, 11) is 0. The van der Waals surface area contributed by atoms with E-state index in [0.29, 0.717) is 44.4 Å². The Bertz CT molecular complexity index is 885. The molecule has 4 rings (SSSR count). The first kappa shape index (κ1) is 23.2. The quantitative estimate of drug-likeness (QED) is 0.610. The molecular weight excluding hydrogens is 430 g/mol. The lowest BCUT2D eigenvalue weighted by Crippen LogP contribution is -2.51. The Morgan fingerprint density at radius 1 is 1.16 bits per heavy atom. The van der Waals surface area contributed by atoms with Crippen LogP contribution in [0.5, 0.6) is 0 Å². The zero-order valence-corrected chi connectivity index (χ0v) is 20.3. The lowest BCUT2D eigenvalue weighted by molar-refractivity contribution is -0.00976. The fraction of sp³-hybridized carbons (Fsp3) is 0.667. The summed E-state index contributed by atoms with van der Waals surface area (Å²) in [6, 6.07) is 3.95. The molecule has 3 amide bonds. The molecular formula is C24H34ClN3O4. The van der Waals surface area contributed by atoms with Crippen molar-refractivity contribution in [2.75, 3.05) is 32.8 Å². The monoisotopic (exact) mass is 463 g/mol. The number of urea groups is 1. The number of ether oxygens (including phenoxy) is 2. The molecule has 0 unspecified atom stereocenters. The van der Waals surface area contributed by atoms with Crippen molar-refractivity contribution in [2.24, 2.45) is 0 Å². The van der Waals surface area contributed by atoms with Gasteiger partial charge in [0.1, 0.15) is 5.60 Å². The number of morpholine rings is 1. The molecule has 3 heterocycles. The second-order valence-corrected chi connectivity index (χ2v) is 10.5. The number of fused-ring (bicyclic) bond motifs is 1. The van der Waals surface area contributed by atoms with Gasteiger partial charge in [0.15, 0.2) is 0 Å². The molecule has 1 aromatic carbocycles. The van der Waals surface area contributed by atoms with Gasteiger partial charge in [-0.15, -0.1) is 0 Å². The Labute approximate surface area is 195 Å². The van der Waals surface area contributed by atoms with Gasteiger partial charge in [-0.05, 0) is 75.8 Å². The first-order valence-corrected chi connectivity index (χ1v) is 12.0. The predicted molar refractivity (Wildman–Crippen MR) is 123 cm³/mol. The number of benzene rings is 1. The molecule has 3 aliphatic rings. The molecule has 176 valence electrons. The van der Waals surface area contributed by atoms with Crippen molar-refractivity contribution in [1.82, 2.24) is 14.7 Å². The van der Waals surface area contributed by atoms with E-state index in [1.165, 1.54) is 5.56 Å². The molecule has 0 spiro atoms. The lowest BCUT2D eigenvalue weighted by atomic mass is 9.90. The van der Waals surface area contributed by atoms with Crippen LogP contribution in [0.3, 0.4) is 0 Å². The van der Waals surface area contributed by atoms with Crippen LogP contribution in [0.4, 0.5) is 9.59 Å². The van der Waals surface area contributed by atoms with Gasteiger partial charge in [0, 0.05) is 37.7 Å². The van der Waals surface area contributed by atoms with Crippen LogP contribution in [0.15, 0.2) is 12.1 Å². The van der Waals surface area contributed by atoms with E-state index in [2.05, 4.69) is 0 Å². The minimum absolute atomic E-state index is 0.0556. The summed E-state index contributed by atoms with van der Waals surface area (Å²) in [6.45, 7) is 11.3. The standard InChI is InChI=1S/C24H34ClN3O4/c1-16-14-27(10-11-31-16)22(29)26-9-7-17-12-18(25)13-19(20(17)15-26)21-6-5-8-28(21)23(30)32-24(2,3)4/h12-13,16,21H,5-11,14-15H2,1-4H3/t16-,21-/m0/s1. The van der Waals surface area contributed by atoms with E-state index in [1.54, 1.807) is 0 Å². The Hall–Kier alpha value is -1.99. The van der Waals surface area contributed by atoms with Gasteiger partial charge < -0.3 is 24.2 Å². The van der Waals surface area contributed by atoms with Gasteiger partial charge in [-0.25, -0.2) is 9.59 Å². The van der Waals surface area contributed by atoms with Crippen molar-refractivity contribution < 1.29 is 19.1 Å². The fourth-order valence-corrected chi connectivity index (χ4v) is 5.19. The number of halogens is 1. The first-order valence-electron chi connectivity index (χ1n) is 11.6. The number of rotatable bonds is 1. The van der Waals surface area contributed by atoms with E-state index in [1.807, 2.05) is 54.5 Å². The molecule has 0 saturated carbocycles.